The van der Waals surface area contributed by atoms with Crippen LogP contribution in [-0.2, 0) is 14.3 Å². The first-order valence-electron chi connectivity index (χ1n) is 8.09. The smallest absolute Gasteiger partial charge is 0.305 e. The minimum absolute atomic E-state index is 0.232. The van der Waals surface area contributed by atoms with Crippen LogP contribution in [0.2, 0.25) is 0 Å². The molecule has 1 unspecified atom stereocenters. The molecule has 1 aliphatic carbocycles. The van der Waals surface area contributed by atoms with Crippen molar-refractivity contribution < 1.29 is 19.4 Å². The molecule has 0 bridgehead atoms. The first-order valence-corrected chi connectivity index (χ1v) is 8.09. The average Bonchev–Trinajstić information content (AvgIpc) is 2.97. The van der Waals surface area contributed by atoms with Crippen LogP contribution in [0, 0.1) is 0 Å². The van der Waals surface area contributed by atoms with E-state index in [1.54, 1.807) is 13.0 Å². The lowest BCUT2D eigenvalue weighted by molar-refractivity contribution is -0.169. The Bertz CT molecular complexity index is 570. The van der Waals surface area contributed by atoms with Crippen molar-refractivity contribution in [2.24, 2.45) is 4.99 Å². The molecule has 7 nitrogen and oxygen atoms in total. The Kier molecular flexibility index (Phi) is 4.68. The molecule has 2 N–H and O–H groups in total. The number of carbonyl (C=O) groups excluding carboxylic acids is 1. The van der Waals surface area contributed by atoms with E-state index < -0.39 is 5.79 Å². The maximum Gasteiger partial charge on any atom is 0.305 e. The predicted octanol–water partition coefficient (Wildman–Crippen LogP) is 0.524. The molecular weight excluding hydrogens is 298 g/mol. The van der Waals surface area contributed by atoms with E-state index in [0.29, 0.717) is 32.5 Å². The van der Waals surface area contributed by atoms with Gasteiger partial charge in [-0.05, 0) is 31.1 Å². The van der Waals surface area contributed by atoms with Crippen LogP contribution in [0.25, 0.3) is 0 Å². The van der Waals surface area contributed by atoms with Crippen molar-refractivity contribution in [3.63, 3.8) is 0 Å². The van der Waals surface area contributed by atoms with Gasteiger partial charge in [-0.15, -0.1) is 0 Å². The normalized spacial score (nSPS) is 25.7. The number of ether oxygens (including phenoxy) is 2. The summed E-state index contributed by atoms with van der Waals surface area (Å²) in [5.41, 5.74) is 2.11. The third kappa shape index (κ3) is 3.73. The highest BCUT2D eigenvalue weighted by atomic mass is 16.6. The van der Waals surface area contributed by atoms with Crippen LogP contribution in [0.4, 0.5) is 0 Å². The molecule has 0 saturated heterocycles. The highest BCUT2D eigenvalue weighted by Crippen LogP contribution is 2.30. The quantitative estimate of drug-likeness (QED) is 0.422. The molecule has 1 atom stereocenters. The third-order valence-corrected chi connectivity index (χ3v) is 4.10. The second kappa shape index (κ2) is 6.72. The molecule has 126 valence electrons. The average molecular weight is 321 g/mol. The Hall–Kier alpha value is -1.86. The first-order chi connectivity index (χ1) is 11.1. The van der Waals surface area contributed by atoms with E-state index in [9.17, 15) is 9.90 Å². The molecule has 0 spiro atoms. The minimum atomic E-state index is -1.30. The highest BCUT2D eigenvalue weighted by Gasteiger charge is 2.35. The molecule has 0 saturated carbocycles. The van der Waals surface area contributed by atoms with Crippen LogP contribution in [-0.4, -0.2) is 60.6 Å². The van der Waals surface area contributed by atoms with Crippen molar-refractivity contribution in [1.82, 2.24) is 10.2 Å². The monoisotopic (exact) mass is 321 g/mol. The Labute approximate surface area is 135 Å². The van der Waals surface area contributed by atoms with Crippen LogP contribution in [0.1, 0.15) is 26.2 Å². The van der Waals surface area contributed by atoms with Crippen molar-refractivity contribution in [3.8, 4) is 0 Å². The van der Waals surface area contributed by atoms with E-state index in [-0.39, 0.29) is 5.97 Å². The highest BCUT2D eigenvalue weighted by molar-refractivity contribution is 5.85. The third-order valence-electron chi connectivity index (χ3n) is 4.10. The number of rotatable bonds is 6. The summed E-state index contributed by atoms with van der Waals surface area (Å²) in [6.45, 7) is 4.96. The van der Waals surface area contributed by atoms with E-state index in [4.69, 9.17) is 9.47 Å². The fraction of sp³-hybridized carbons (Fsp3) is 0.625. The van der Waals surface area contributed by atoms with Crippen LogP contribution in [0.5, 0.6) is 0 Å². The standard InChI is InChI=1S/C16H23N3O4/c1-2-22-14(20)4-3-9-23-16(21)6-5-13-12(10-16)11-19-8-7-17-15(19)18-13/h5-6,21H,2-4,7-11H2,1H3,(H,17,18). The largest absolute Gasteiger partial charge is 0.466 e. The van der Waals surface area contributed by atoms with Crippen molar-refractivity contribution in [1.29, 1.82) is 0 Å². The number of nitrogens with one attached hydrogen (secondary N) is 1. The van der Waals surface area contributed by atoms with Gasteiger partial charge in [0.05, 0.1) is 19.8 Å². The summed E-state index contributed by atoms with van der Waals surface area (Å²) < 4.78 is 10.5. The van der Waals surface area contributed by atoms with Gasteiger partial charge in [-0.3, -0.25) is 9.79 Å². The minimum Gasteiger partial charge on any atom is -0.466 e. The van der Waals surface area contributed by atoms with Gasteiger partial charge in [0.1, 0.15) is 0 Å². The molecule has 7 heteroatoms. The van der Waals surface area contributed by atoms with Gasteiger partial charge in [-0.2, -0.15) is 0 Å². The van der Waals surface area contributed by atoms with Crippen molar-refractivity contribution >= 4 is 11.9 Å². The van der Waals surface area contributed by atoms with Crippen LogP contribution in [0.15, 0.2) is 28.4 Å². The summed E-state index contributed by atoms with van der Waals surface area (Å²) in [5.74, 6) is -0.623. The van der Waals surface area contributed by atoms with E-state index >= 15 is 0 Å². The number of carbonyl (C=O) groups is 1. The number of esters is 1. The molecule has 3 aliphatic rings. The zero-order chi connectivity index (χ0) is 16.3. The fourth-order valence-corrected chi connectivity index (χ4v) is 2.97. The molecule has 0 aromatic heterocycles. The van der Waals surface area contributed by atoms with Gasteiger partial charge < -0.3 is 24.8 Å². The number of aliphatic hydroxyl groups is 1. The second-order valence-electron chi connectivity index (χ2n) is 5.88. The van der Waals surface area contributed by atoms with Gasteiger partial charge in [0.25, 0.3) is 0 Å². The Morgan fingerprint density at radius 3 is 3.26 bits per heavy atom. The van der Waals surface area contributed by atoms with E-state index in [1.807, 2.05) is 6.08 Å². The maximum absolute atomic E-state index is 11.3. The summed E-state index contributed by atoms with van der Waals surface area (Å²) in [4.78, 5) is 17.8. The summed E-state index contributed by atoms with van der Waals surface area (Å²) in [6, 6.07) is 0. The number of hydrogen-bond donors (Lipinski definition) is 2. The van der Waals surface area contributed by atoms with E-state index in [0.717, 1.165) is 36.9 Å². The lowest BCUT2D eigenvalue weighted by Gasteiger charge is -2.36. The van der Waals surface area contributed by atoms with Crippen molar-refractivity contribution in [3.05, 3.63) is 23.4 Å². The molecule has 2 heterocycles. The van der Waals surface area contributed by atoms with Gasteiger partial charge in [0.15, 0.2) is 11.7 Å². The van der Waals surface area contributed by atoms with Gasteiger partial charge in [-0.25, -0.2) is 0 Å². The number of guanidine groups is 1. The summed E-state index contributed by atoms with van der Waals surface area (Å²) in [5, 5.41) is 13.9. The van der Waals surface area contributed by atoms with Gasteiger partial charge >= 0.3 is 5.97 Å². The number of allylic oxidation sites excluding steroid dienone is 1. The van der Waals surface area contributed by atoms with Crippen LogP contribution >= 0.6 is 0 Å². The van der Waals surface area contributed by atoms with Crippen molar-refractivity contribution in [2.45, 2.75) is 32.0 Å². The molecular formula is C16H23N3O4. The Balaban J connectivity index is 1.50. The Morgan fingerprint density at radius 2 is 2.43 bits per heavy atom. The van der Waals surface area contributed by atoms with Crippen molar-refractivity contribution in [2.75, 3.05) is 32.8 Å². The molecule has 0 radical (unpaired) electrons. The SMILES string of the molecule is CCOC(=O)CCCOC1(O)C=CC2=C(CN3CCN=C3N2)C1. The zero-order valence-electron chi connectivity index (χ0n) is 13.4. The molecule has 0 fully saturated rings. The van der Waals surface area contributed by atoms with Gasteiger partial charge in [0.2, 0.25) is 0 Å². The van der Waals surface area contributed by atoms with Gasteiger partial charge in [0, 0.05) is 31.6 Å². The molecule has 0 aromatic carbocycles. The predicted molar refractivity (Wildman–Crippen MR) is 84.6 cm³/mol. The second-order valence-corrected chi connectivity index (χ2v) is 5.88. The fourth-order valence-electron chi connectivity index (χ4n) is 2.97. The molecule has 3 rings (SSSR count). The topological polar surface area (TPSA) is 83.4 Å². The summed E-state index contributed by atoms with van der Waals surface area (Å²) >= 11 is 0. The summed E-state index contributed by atoms with van der Waals surface area (Å²) in [7, 11) is 0. The molecule has 0 amide bonds. The molecule has 0 aromatic rings. The van der Waals surface area contributed by atoms with Crippen LogP contribution < -0.4 is 5.32 Å². The number of aliphatic imine (C=N–C) groups is 1. The number of fused-ring (bicyclic) bond motifs is 1. The van der Waals surface area contributed by atoms with Crippen LogP contribution in [0.3, 0.4) is 0 Å². The maximum atomic E-state index is 11.3. The first kappa shape index (κ1) is 16.0. The van der Waals surface area contributed by atoms with E-state index in [1.165, 1.54) is 0 Å². The Morgan fingerprint density at radius 1 is 1.57 bits per heavy atom. The lowest BCUT2D eigenvalue weighted by Crippen LogP contribution is -2.47. The van der Waals surface area contributed by atoms with Gasteiger partial charge in [-0.1, -0.05) is 0 Å². The number of hydrogen-bond acceptors (Lipinski definition) is 7. The lowest BCUT2D eigenvalue weighted by atomic mass is 9.95. The molecule has 2 aliphatic heterocycles. The summed E-state index contributed by atoms with van der Waals surface area (Å²) in [6.07, 6.45) is 4.77. The zero-order valence-corrected chi connectivity index (χ0v) is 13.4. The number of nitrogens with zero attached hydrogens (tertiary/aromatic N) is 2. The molecule has 23 heavy (non-hydrogen) atoms. The van der Waals surface area contributed by atoms with E-state index in [2.05, 4.69) is 15.2 Å².